The first-order valence-electron chi connectivity index (χ1n) is 15.7. The Labute approximate surface area is 270 Å². The molecule has 9 nitrogen and oxygen atoms in total. The fourth-order valence-corrected chi connectivity index (χ4v) is 6.13. The second kappa shape index (κ2) is 14.8. The van der Waals surface area contributed by atoms with Gasteiger partial charge in [0, 0.05) is 43.9 Å². The summed E-state index contributed by atoms with van der Waals surface area (Å²) in [6.07, 6.45) is 0.660. The third-order valence-corrected chi connectivity index (χ3v) is 8.59. The number of carbonyl (C=O) groups is 1. The Kier molecular flexibility index (Phi) is 10.1. The SMILES string of the molecule is COc1cc2c(cc1OC)CN(CC1CC(c3ccc(CO)cc3)OC(c3cccc(NC(=O)NCc4ccccc4)c3)O1)CC2. The van der Waals surface area contributed by atoms with Gasteiger partial charge in [-0.05, 0) is 58.5 Å². The number of carbonyl (C=O) groups excluding carboxylic acids is 1. The molecule has 2 amide bonds. The van der Waals surface area contributed by atoms with Crippen LogP contribution in [-0.4, -0.2) is 49.5 Å². The molecule has 3 atom stereocenters. The van der Waals surface area contributed by atoms with E-state index in [9.17, 15) is 9.90 Å². The maximum Gasteiger partial charge on any atom is 0.319 e. The van der Waals surface area contributed by atoms with Crippen LogP contribution in [0.3, 0.4) is 0 Å². The van der Waals surface area contributed by atoms with E-state index in [-0.39, 0.29) is 24.8 Å². The maximum absolute atomic E-state index is 12.7. The molecule has 0 radical (unpaired) electrons. The Balaban J connectivity index is 1.17. The molecule has 2 heterocycles. The second-order valence-electron chi connectivity index (χ2n) is 11.7. The fourth-order valence-electron chi connectivity index (χ4n) is 6.13. The molecule has 9 heteroatoms. The third kappa shape index (κ3) is 7.68. The third-order valence-electron chi connectivity index (χ3n) is 8.59. The monoisotopic (exact) mass is 623 g/mol. The number of hydrogen-bond donors (Lipinski definition) is 3. The molecular formula is C37H41N3O6. The van der Waals surface area contributed by atoms with Crippen LogP contribution in [0.25, 0.3) is 0 Å². The number of amides is 2. The van der Waals surface area contributed by atoms with Gasteiger partial charge in [-0.2, -0.15) is 0 Å². The molecule has 1 fully saturated rings. The minimum absolute atomic E-state index is 0.00796. The lowest BCUT2D eigenvalue weighted by Gasteiger charge is -2.39. The van der Waals surface area contributed by atoms with E-state index in [2.05, 4.69) is 27.7 Å². The van der Waals surface area contributed by atoms with E-state index in [4.69, 9.17) is 18.9 Å². The van der Waals surface area contributed by atoms with Crippen molar-refractivity contribution in [3.63, 3.8) is 0 Å². The summed E-state index contributed by atoms with van der Waals surface area (Å²) in [5.41, 5.74) is 6.89. The van der Waals surface area contributed by atoms with Crippen LogP contribution in [-0.2, 0) is 35.6 Å². The number of rotatable bonds is 10. The number of nitrogens with zero attached hydrogens (tertiary/aromatic N) is 1. The van der Waals surface area contributed by atoms with Gasteiger partial charge in [0.15, 0.2) is 17.8 Å². The molecular weight excluding hydrogens is 582 g/mol. The number of nitrogens with one attached hydrogen (secondary N) is 2. The average molecular weight is 624 g/mol. The largest absolute Gasteiger partial charge is 0.493 e. The summed E-state index contributed by atoms with van der Waals surface area (Å²) in [6.45, 7) is 2.85. The molecule has 2 aliphatic rings. The van der Waals surface area contributed by atoms with E-state index in [1.54, 1.807) is 14.2 Å². The van der Waals surface area contributed by atoms with Crippen LogP contribution in [0, 0.1) is 0 Å². The molecule has 3 unspecified atom stereocenters. The quantitative estimate of drug-likeness (QED) is 0.196. The van der Waals surface area contributed by atoms with Crippen LogP contribution >= 0.6 is 0 Å². The summed E-state index contributed by atoms with van der Waals surface area (Å²) in [4.78, 5) is 15.1. The molecule has 3 N–H and O–H groups in total. The van der Waals surface area contributed by atoms with E-state index in [1.165, 1.54) is 11.1 Å². The van der Waals surface area contributed by atoms with Gasteiger partial charge in [0.1, 0.15) is 0 Å². The number of anilines is 1. The summed E-state index contributed by atoms with van der Waals surface area (Å²) in [5.74, 6) is 1.49. The van der Waals surface area contributed by atoms with Crippen LogP contribution in [0.4, 0.5) is 10.5 Å². The lowest BCUT2D eigenvalue weighted by molar-refractivity contribution is -0.253. The lowest BCUT2D eigenvalue weighted by Crippen LogP contribution is -2.41. The Morgan fingerprint density at radius 3 is 2.37 bits per heavy atom. The predicted molar refractivity (Wildman–Crippen MR) is 176 cm³/mol. The molecule has 4 aromatic carbocycles. The van der Waals surface area contributed by atoms with E-state index in [0.717, 1.165) is 59.8 Å². The number of methoxy groups -OCH3 is 2. The Hall–Kier alpha value is -4.41. The number of benzene rings is 4. The van der Waals surface area contributed by atoms with Crippen molar-refractivity contribution < 1.29 is 28.8 Å². The number of hydrogen-bond acceptors (Lipinski definition) is 7. The van der Waals surface area contributed by atoms with E-state index in [1.807, 2.05) is 78.9 Å². The van der Waals surface area contributed by atoms with Gasteiger partial charge in [-0.15, -0.1) is 0 Å². The van der Waals surface area contributed by atoms with Crippen LogP contribution in [0.2, 0.25) is 0 Å². The predicted octanol–water partition coefficient (Wildman–Crippen LogP) is 6.12. The van der Waals surface area contributed by atoms with Crippen molar-refractivity contribution in [2.24, 2.45) is 0 Å². The van der Waals surface area contributed by atoms with Crippen LogP contribution in [0.15, 0.2) is 91.0 Å². The van der Waals surface area contributed by atoms with Crippen molar-refractivity contribution in [1.82, 2.24) is 10.2 Å². The van der Waals surface area contributed by atoms with Gasteiger partial charge >= 0.3 is 6.03 Å². The fraction of sp³-hybridized carbons (Fsp3) is 0.324. The molecule has 0 aromatic heterocycles. The summed E-state index contributed by atoms with van der Waals surface area (Å²) < 4.78 is 24.3. The molecule has 240 valence electrons. The van der Waals surface area contributed by atoms with E-state index in [0.29, 0.717) is 18.7 Å². The second-order valence-corrected chi connectivity index (χ2v) is 11.7. The Bertz CT molecular complexity index is 1610. The van der Waals surface area contributed by atoms with Crippen molar-refractivity contribution in [2.75, 3.05) is 32.6 Å². The van der Waals surface area contributed by atoms with Crippen molar-refractivity contribution in [1.29, 1.82) is 0 Å². The molecule has 1 saturated heterocycles. The summed E-state index contributed by atoms with van der Waals surface area (Å²) in [5, 5.41) is 15.4. The topological polar surface area (TPSA) is 102 Å². The molecule has 0 saturated carbocycles. The van der Waals surface area contributed by atoms with Gasteiger partial charge in [-0.25, -0.2) is 4.79 Å². The molecule has 46 heavy (non-hydrogen) atoms. The van der Waals surface area contributed by atoms with Gasteiger partial charge in [-0.1, -0.05) is 66.7 Å². The summed E-state index contributed by atoms with van der Waals surface area (Å²) in [7, 11) is 3.33. The van der Waals surface area contributed by atoms with Crippen molar-refractivity contribution in [2.45, 2.75) is 51.0 Å². The maximum atomic E-state index is 12.7. The number of urea groups is 1. The molecule has 0 bridgehead atoms. The highest BCUT2D eigenvalue weighted by atomic mass is 16.7. The normalized spacial score (nSPS) is 19.6. The lowest BCUT2D eigenvalue weighted by atomic mass is 9.97. The number of aliphatic hydroxyl groups is 1. The van der Waals surface area contributed by atoms with Gasteiger partial charge < -0.3 is 34.7 Å². The smallest absolute Gasteiger partial charge is 0.319 e. The molecule has 2 aliphatic heterocycles. The first-order valence-corrected chi connectivity index (χ1v) is 15.7. The highest BCUT2D eigenvalue weighted by Gasteiger charge is 2.34. The minimum atomic E-state index is -0.628. The van der Waals surface area contributed by atoms with Crippen molar-refractivity contribution >= 4 is 11.7 Å². The standard InChI is InChI=1S/C37H41N3O6/c1-43-34-18-28-15-16-40(22-30(28)19-35(34)44-2)23-32-20-33(27-13-11-26(24-41)12-14-27)46-36(45-32)29-9-6-10-31(17-29)39-37(42)38-21-25-7-4-3-5-8-25/h3-14,17-19,32-33,36,41H,15-16,20-24H2,1-2H3,(H2,38,39,42). The number of fused-ring (bicyclic) bond motifs is 1. The Morgan fingerprint density at radius 2 is 1.63 bits per heavy atom. The zero-order valence-corrected chi connectivity index (χ0v) is 26.3. The van der Waals surface area contributed by atoms with Gasteiger partial charge in [0.2, 0.25) is 0 Å². The van der Waals surface area contributed by atoms with Crippen LogP contribution in [0.1, 0.15) is 52.2 Å². The van der Waals surface area contributed by atoms with Crippen molar-refractivity contribution in [3.8, 4) is 11.5 Å². The van der Waals surface area contributed by atoms with Gasteiger partial charge in [-0.3, -0.25) is 4.90 Å². The summed E-state index contributed by atoms with van der Waals surface area (Å²) >= 11 is 0. The highest BCUT2D eigenvalue weighted by molar-refractivity contribution is 5.89. The first-order chi connectivity index (χ1) is 22.5. The zero-order valence-electron chi connectivity index (χ0n) is 26.3. The summed E-state index contributed by atoms with van der Waals surface area (Å²) in [6, 6.07) is 29.2. The van der Waals surface area contributed by atoms with Crippen LogP contribution < -0.4 is 20.1 Å². The number of aliphatic hydroxyl groups excluding tert-OH is 1. The Morgan fingerprint density at radius 1 is 0.870 bits per heavy atom. The van der Waals surface area contributed by atoms with E-state index < -0.39 is 6.29 Å². The highest BCUT2D eigenvalue weighted by Crippen LogP contribution is 2.39. The van der Waals surface area contributed by atoms with Crippen LogP contribution in [0.5, 0.6) is 11.5 Å². The molecule has 0 spiro atoms. The van der Waals surface area contributed by atoms with Gasteiger partial charge in [0.05, 0.1) is 33.0 Å². The first kappa shape index (κ1) is 31.6. The zero-order chi connectivity index (χ0) is 31.9. The molecule has 4 aromatic rings. The van der Waals surface area contributed by atoms with Crippen molar-refractivity contribution in [3.05, 3.63) is 124 Å². The van der Waals surface area contributed by atoms with E-state index >= 15 is 0 Å². The van der Waals surface area contributed by atoms with Gasteiger partial charge in [0.25, 0.3) is 0 Å². The number of ether oxygens (including phenoxy) is 4. The molecule has 0 aliphatic carbocycles. The molecule has 6 rings (SSSR count). The average Bonchev–Trinajstić information content (AvgIpc) is 3.10. The minimum Gasteiger partial charge on any atom is -0.493 e.